The first-order valence-electron chi connectivity index (χ1n) is 5.57. The van der Waals surface area contributed by atoms with Gasteiger partial charge in [0.05, 0.1) is 36.9 Å². The fourth-order valence-electron chi connectivity index (χ4n) is 1.34. The number of nitro benzene ring substituents is 1. The monoisotopic (exact) mass is 282 g/mol. The zero-order valence-corrected chi connectivity index (χ0v) is 10.7. The number of carbonyl (C=O) groups is 2. The van der Waals surface area contributed by atoms with Crippen molar-refractivity contribution in [2.45, 2.75) is 0 Å². The van der Waals surface area contributed by atoms with Crippen molar-refractivity contribution >= 4 is 23.2 Å². The van der Waals surface area contributed by atoms with Crippen molar-refractivity contribution < 1.29 is 19.2 Å². The van der Waals surface area contributed by atoms with E-state index in [2.05, 4.69) is 10.6 Å². The lowest BCUT2D eigenvalue weighted by molar-refractivity contribution is -0.384. The largest absolute Gasteiger partial charge is 0.494 e. The molecule has 9 heteroatoms. The minimum absolute atomic E-state index is 0.151. The molecule has 0 aliphatic rings. The van der Waals surface area contributed by atoms with Crippen molar-refractivity contribution in [2.75, 3.05) is 25.5 Å². The van der Waals surface area contributed by atoms with Crippen LogP contribution in [-0.4, -0.2) is 36.9 Å². The first-order valence-corrected chi connectivity index (χ1v) is 5.57. The van der Waals surface area contributed by atoms with Gasteiger partial charge in [-0.15, -0.1) is 0 Å². The highest BCUT2D eigenvalue weighted by molar-refractivity contribution is 5.96. The topological polar surface area (TPSA) is 137 Å². The van der Waals surface area contributed by atoms with Crippen molar-refractivity contribution in [3.63, 3.8) is 0 Å². The number of amides is 2. The molecule has 20 heavy (non-hydrogen) atoms. The lowest BCUT2D eigenvalue weighted by Crippen LogP contribution is -2.36. The Labute approximate surface area is 114 Å². The van der Waals surface area contributed by atoms with Crippen LogP contribution < -0.4 is 21.1 Å². The van der Waals surface area contributed by atoms with Gasteiger partial charge in [0.25, 0.3) is 5.69 Å². The van der Waals surface area contributed by atoms with E-state index in [0.29, 0.717) is 0 Å². The summed E-state index contributed by atoms with van der Waals surface area (Å²) >= 11 is 0. The molecule has 0 bridgehead atoms. The number of nitrogens with zero attached hydrogens (tertiary/aromatic N) is 1. The summed E-state index contributed by atoms with van der Waals surface area (Å²) in [7, 11) is 1.32. The van der Waals surface area contributed by atoms with E-state index in [0.717, 1.165) is 0 Å². The average molecular weight is 282 g/mol. The maximum atomic E-state index is 11.6. The molecule has 0 heterocycles. The Balaban J connectivity index is 2.74. The molecule has 4 N–H and O–H groups in total. The Morgan fingerprint density at radius 3 is 2.65 bits per heavy atom. The molecule has 0 radical (unpaired) electrons. The number of methoxy groups -OCH3 is 1. The van der Waals surface area contributed by atoms with Crippen molar-refractivity contribution in [1.82, 2.24) is 5.32 Å². The fourth-order valence-corrected chi connectivity index (χ4v) is 1.34. The second kappa shape index (κ2) is 7.04. The van der Waals surface area contributed by atoms with Gasteiger partial charge in [0.2, 0.25) is 11.8 Å². The molecule has 0 aliphatic heterocycles. The summed E-state index contributed by atoms with van der Waals surface area (Å²) in [5.41, 5.74) is 5.19. The molecule has 0 saturated heterocycles. The summed E-state index contributed by atoms with van der Waals surface area (Å²) in [5, 5.41) is 15.4. The number of carbonyl (C=O) groups excluding carboxylic acids is 2. The Hall–Kier alpha value is -2.68. The van der Waals surface area contributed by atoms with Crippen LogP contribution in [-0.2, 0) is 9.59 Å². The smallest absolute Gasteiger partial charge is 0.273 e. The van der Waals surface area contributed by atoms with Gasteiger partial charge < -0.3 is 21.1 Å². The molecule has 1 rings (SSSR count). The van der Waals surface area contributed by atoms with Gasteiger partial charge in [-0.1, -0.05) is 0 Å². The van der Waals surface area contributed by atoms with Crippen LogP contribution in [0.25, 0.3) is 0 Å². The molecule has 0 fully saturated rings. The minimum atomic E-state index is -0.574. The summed E-state index contributed by atoms with van der Waals surface area (Å²) in [4.78, 5) is 32.5. The summed E-state index contributed by atoms with van der Waals surface area (Å²) in [6.07, 6.45) is 0. The van der Waals surface area contributed by atoms with Crippen LogP contribution in [0.1, 0.15) is 0 Å². The van der Waals surface area contributed by atoms with Gasteiger partial charge in [-0.3, -0.25) is 19.7 Å². The highest BCUT2D eigenvalue weighted by atomic mass is 16.6. The molecule has 108 valence electrons. The van der Waals surface area contributed by atoms with Gasteiger partial charge in [0, 0.05) is 6.07 Å². The third kappa shape index (κ3) is 4.21. The van der Waals surface area contributed by atoms with Gasteiger partial charge in [-0.05, 0) is 6.07 Å². The molecule has 0 unspecified atom stereocenters. The normalized spacial score (nSPS) is 9.70. The van der Waals surface area contributed by atoms with Crippen molar-refractivity contribution in [3.8, 4) is 5.75 Å². The van der Waals surface area contributed by atoms with Gasteiger partial charge in [0.15, 0.2) is 0 Å². The third-order valence-corrected chi connectivity index (χ3v) is 2.30. The predicted molar refractivity (Wildman–Crippen MR) is 70.3 cm³/mol. The van der Waals surface area contributed by atoms with Crippen molar-refractivity contribution in [2.24, 2.45) is 5.73 Å². The molecular formula is C11H14N4O5. The third-order valence-electron chi connectivity index (χ3n) is 2.30. The number of benzene rings is 1. The van der Waals surface area contributed by atoms with E-state index in [4.69, 9.17) is 10.5 Å². The molecule has 0 atom stereocenters. The Morgan fingerprint density at radius 1 is 1.40 bits per heavy atom. The highest BCUT2D eigenvalue weighted by Gasteiger charge is 2.13. The van der Waals surface area contributed by atoms with Crippen LogP contribution in [0.2, 0.25) is 0 Å². The fraction of sp³-hybridized carbons (Fsp3) is 0.273. The van der Waals surface area contributed by atoms with Crippen LogP contribution in [0.15, 0.2) is 18.2 Å². The summed E-state index contributed by atoms with van der Waals surface area (Å²) in [6.45, 7) is -0.468. The second-order valence-electron chi connectivity index (χ2n) is 3.67. The van der Waals surface area contributed by atoms with E-state index in [9.17, 15) is 19.7 Å². The summed E-state index contributed by atoms with van der Waals surface area (Å²) in [5.74, 6) is -0.813. The molecule has 0 saturated carbocycles. The van der Waals surface area contributed by atoms with E-state index in [1.165, 1.54) is 25.3 Å². The zero-order chi connectivity index (χ0) is 15.1. The molecule has 9 nitrogen and oxygen atoms in total. The van der Waals surface area contributed by atoms with Crippen LogP contribution in [0, 0.1) is 10.1 Å². The van der Waals surface area contributed by atoms with Crippen LogP contribution in [0.4, 0.5) is 11.4 Å². The van der Waals surface area contributed by atoms with Crippen LogP contribution >= 0.6 is 0 Å². The number of hydrogen-bond acceptors (Lipinski definition) is 6. The first-order chi connectivity index (χ1) is 9.47. The SMILES string of the molecule is COc1cc([N+](=O)[O-])ccc1NC(=O)CNC(=O)CN. The summed E-state index contributed by atoms with van der Waals surface area (Å²) < 4.78 is 4.96. The molecule has 1 aromatic carbocycles. The Morgan fingerprint density at radius 2 is 2.10 bits per heavy atom. The quantitative estimate of drug-likeness (QED) is 0.480. The summed E-state index contributed by atoms with van der Waals surface area (Å²) in [6, 6.07) is 3.77. The van der Waals surface area contributed by atoms with Crippen LogP contribution in [0.5, 0.6) is 5.75 Å². The molecule has 2 amide bonds. The molecule has 0 aliphatic carbocycles. The number of non-ortho nitro benzene ring substituents is 1. The van der Waals surface area contributed by atoms with Gasteiger partial charge in [0.1, 0.15) is 5.75 Å². The molecule has 1 aromatic rings. The predicted octanol–water partition coefficient (Wildman–Crippen LogP) is -0.383. The molecule has 0 aromatic heterocycles. The second-order valence-corrected chi connectivity index (χ2v) is 3.67. The highest BCUT2D eigenvalue weighted by Crippen LogP contribution is 2.28. The van der Waals surface area contributed by atoms with Gasteiger partial charge in [-0.2, -0.15) is 0 Å². The van der Waals surface area contributed by atoms with Crippen molar-refractivity contribution in [1.29, 1.82) is 0 Å². The number of hydrogen-bond donors (Lipinski definition) is 3. The lowest BCUT2D eigenvalue weighted by Gasteiger charge is -2.10. The Bertz CT molecular complexity index is 532. The van der Waals surface area contributed by atoms with E-state index in [1.54, 1.807) is 0 Å². The number of rotatable bonds is 6. The van der Waals surface area contributed by atoms with E-state index >= 15 is 0 Å². The maximum absolute atomic E-state index is 11.6. The van der Waals surface area contributed by atoms with Gasteiger partial charge >= 0.3 is 0 Å². The maximum Gasteiger partial charge on any atom is 0.273 e. The Kier molecular flexibility index (Phi) is 5.42. The van der Waals surface area contributed by atoms with E-state index in [1.807, 2.05) is 0 Å². The lowest BCUT2D eigenvalue weighted by atomic mass is 10.2. The number of nitro groups is 1. The average Bonchev–Trinajstić information content (AvgIpc) is 2.44. The zero-order valence-electron chi connectivity index (χ0n) is 10.7. The number of ether oxygens (including phenoxy) is 1. The minimum Gasteiger partial charge on any atom is -0.494 e. The van der Waals surface area contributed by atoms with E-state index in [-0.39, 0.29) is 30.2 Å². The number of nitrogens with two attached hydrogens (primary N) is 1. The van der Waals surface area contributed by atoms with Gasteiger partial charge in [-0.25, -0.2) is 0 Å². The standard InChI is InChI=1S/C11H14N4O5/c1-20-9-4-7(15(18)19)2-3-8(9)14-11(17)6-13-10(16)5-12/h2-4H,5-6,12H2,1H3,(H,13,16)(H,14,17). The molecule has 0 spiro atoms. The van der Waals surface area contributed by atoms with Crippen molar-refractivity contribution in [3.05, 3.63) is 28.3 Å². The van der Waals surface area contributed by atoms with Crippen LogP contribution in [0.3, 0.4) is 0 Å². The van der Waals surface area contributed by atoms with E-state index < -0.39 is 16.7 Å². The number of nitrogens with one attached hydrogen (secondary N) is 2. The molecular weight excluding hydrogens is 268 g/mol. The first kappa shape index (κ1) is 15.4. The number of anilines is 1.